The third kappa shape index (κ3) is 2.51. The van der Waals surface area contributed by atoms with Crippen molar-refractivity contribution in [3.8, 4) is 0 Å². The number of aromatic amines is 2. The summed E-state index contributed by atoms with van der Waals surface area (Å²) in [6, 6.07) is 11.6. The number of benzene rings is 3. The van der Waals surface area contributed by atoms with Crippen molar-refractivity contribution in [3.63, 3.8) is 0 Å². The summed E-state index contributed by atoms with van der Waals surface area (Å²) in [5.74, 6) is 0. The molecule has 0 saturated heterocycles. The van der Waals surface area contributed by atoms with Gasteiger partial charge >= 0.3 is 0 Å². The number of nitrogens with one attached hydrogen (secondary N) is 2. The molecule has 0 bridgehead atoms. The lowest BCUT2D eigenvalue weighted by molar-refractivity contribution is 0.485. The van der Waals surface area contributed by atoms with Gasteiger partial charge in [-0.25, -0.2) is 0 Å². The fraction of sp³-hybridized carbons (Fsp3) is 0.0909. The Morgan fingerprint density at radius 2 is 1.47 bits per heavy atom. The molecule has 0 amide bonds. The summed E-state index contributed by atoms with van der Waals surface area (Å²) >= 11 is 0. The molecule has 0 aliphatic rings. The minimum atomic E-state index is -4.84. The van der Waals surface area contributed by atoms with Crippen LogP contribution in [-0.4, -0.2) is 22.9 Å². The molecule has 3 aromatic carbocycles. The molecule has 8 heteroatoms. The normalized spacial score (nSPS) is 12.4. The molecule has 0 saturated carbocycles. The third-order valence-corrected chi connectivity index (χ3v) is 6.51. The summed E-state index contributed by atoms with van der Waals surface area (Å²) in [4.78, 5) is 31.8. The van der Waals surface area contributed by atoms with E-state index in [1.165, 1.54) is 6.07 Å². The first-order valence-electron chi connectivity index (χ1n) is 9.19. The van der Waals surface area contributed by atoms with Crippen LogP contribution in [0.15, 0.2) is 56.9 Å². The van der Waals surface area contributed by atoms with Gasteiger partial charge in [0.1, 0.15) is 4.90 Å². The molecule has 0 fully saturated rings. The SMILES string of the molecule is Cc1cc2[nH]c3c(S(=O)(=O)O)c4c(=O)c5ccccc5[nH]c4cc3c(=O)c2cc1C. The van der Waals surface area contributed by atoms with Crippen molar-refractivity contribution in [3.05, 3.63) is 74.0 Å². The van der Waals surface area contributed by atoms with Gasteiger partial charge < -0.3 is 9.97 Å². The Labute approximate surface area is 169 Å². The standard InChI is InChI=1S/C22H16N2O5S/c1-10-7-13-16(8-11(10)2)24-19-14(20(13)25)9-17-18(22(19)30(27,28)29)21(26)12-5-3-4-6-15(12)23-17/h3-9H,1-2H3,(H,23,26)(H,24,25)(H,27,28,29). The van der Waals surface area contributed by atoms with E-state index in [-0.39, 0.29) is 32.6 Å². The molecule has 150 valence electrons. The molecule has 0 unspecified atom stereocenters. The van der Waals surface area contributed by atoms with Gasteiger partial charge in [0, 0.05) is 21.7 Å². The predicted octanol–water partition coefficient (Wildman–Crippen LogP) is 3.54. The van der Waals surface area contributed by atoms with Crippen LogP contribution in [0.5, 0.6) is 0 Å². The highest BCUT2D eigenvalue weighted by Gasteiger charge is 2.24. The molecule has 5 aromatic rings. The van der Waals surface area contributed by atoms with Crippen molar-refractivity contribution in [1.82, 2.24) is 9.97 Å². The Bertz CT molecular complexity index is 1780. The lowest BCUT2D eigenvalue weighted by Crippen LogP contribution is -2.14. The molecular weight excluding hydrogens is 404 g/mol. The molecule has 0 spiro atoms. The largest absolute Gasteiger partial charge is 0.354 e. The van der Waals surface area contributed by atoms with E-state index in [2.05, 4.69) is 9.97 Å². The van der Waals surface area contributed by atoms with Crippen LogP contribution in [-0.2, 0) is 10.1 Å². The molecule has 5 rings (SSSR count). The third-order valence-electron chi connectivity index (χ3n) is 5.59. The minimum Gasteiger partial charge on any atom is -0.354 e. The van der Waals surface area contributed by atoms with Crippen molar-refractivity contribution in [1.29, 1.82) is 0 Å². The number of para-hydroxylation sites is 1. The number of hydrogen-bond acceptors (Lipinski definition) is 4. The Kier molecular flexibility index (Phi) is 3.71. The Hall–Kier alpha value is -3.49. The molecule has 2 aromatic heterocycles. The number of pyridine rings is 2. The van der Waals surface area contributed by atoms with Crippen LogP contribution in [0, 0.1) is 13.8 Å². The van der Waals surface area contributed by atoms with Crippen LogP contribution in [0.1, 0.15) is 11.1 Å². The number of hydrogen-bond donors (Lipinski definition) is 3. The van der Waals surface area contributed by atoms with Crippen LogP contribution in [0.3, 0.4) is 0 Å². The Balaban J connectivity index is 2.16. The number of aromatic nitrogens is 2. The molecule has 0 aliphatic carbocycles. The molecule has 3 N–H and O–H groups in total. The fourth-order valence-corrected chi connectivity index (χ4v) is 4.88. The number of H-pyrrole nitrogens is 2. The van der Waals surface area contributed by atoms with Crippen LogP contribution in [0.4, 0.5) is 0 Å². The predicted molar refractivity (Wildman–Crippen MR) is 117 cm³/mol. The van der Waals surface area contributed by atoms with E-state index in [0.29, 0.717) is 16.4 Å². The summed E-state index contributed by atoms with van der Waals surface area (Å²) in [5, 5.41) is 0.553. The second-order valence-corrected chi connectivity index (χ2v) is 8.82. The highest BCUT2D eigenvalue weighted by Crippen LogP contribution is 2.30. The van der Waals surface area contributed by atoms with Crippen molar-refractivity contribution in [2.45, 2.75) is 18.7 Å². The molecule has 30 heavy (non-hydrogen) atoms. The van der Waals surface area contributed by atoms with Gasteiger partial charge in [-0.15, -0.1) is 0 Å². The van der Waals surface area contributed by atoms with E-state index in [1.54, 1.807) is 36.4 Å². The maximum absolute atomic E-state index is 13.2. The van der Waals surface area contributed by atoms with Crippen molar-refractivity contribution >= 4 is 53.7 Å². The average Bonchev–Trinajstić information content (AvgIpc) is 2.68. The van der Waals surface area contributed by atoms with Crippen LogP contribution < -0.4 is 10.9 Å². The lowest BCUT2D eigenvalue weighted by Gasteiger charge is -2.12. The van der Waals surface area contributed by atoms with Gasteiger partial charge in [0.2, 0.25) is 0 Å². The molecule has 7 nitrogen and oxygen atoms in total. The maximum Gasteiger partial charge on any atom is 0.297 e. The smallest absolute Gasteiger partial charge is 0.297 e. The van der Waals surface area contributed by atoms with Gasteiger partial charge in [-0.3, -0.25) is 14.1 Å². The van der Waals surface area contributed by atoms with Crippen molar-refractivity contribution in [2.24, 2.45) is 0 Å². The first-order valence-corrected chi connectivity index (χ1v) is 10.6. The topological polar surface area (TPSA) is 120 Å². The summed E-state index contributed by atoms with van der Waals surface area (Å²) in [6.07, 6.45) is 0. The summed E-state index contributed by atoms with van der Waals surface area (Å²) in [5.41, 5.74) is 1.89. The van der Waals surface area contributed by atoms with E-state index in [0.717, 1.165) is 11.1 Å². The monoisotopic (exact) mass is 420 g/mol. The van der Waals surface area contributed by atoms with E-state index < -0.39 is 20.4 Å². The summed E-state index contributed by atoms with van der Waals surface area (Å²) < 4.78 is 34.8. The highest BCUT2D eigenvalue weighted by molar-refractivity contribution is 7.86. The summed E-state index contributed by atoms with van der Waals surface area (Å²) in [6.45, 7) is 3.75. The fourth-order valence-electron chi connectivity index (χ4n) is 4.00. The van der Waals surface area contributed by atoms with Gasteiger partial charge in [0.25, 0.3) is 10.1 Å². The van der Waals surface area contributed by atoms with Crippen LogP contribution >= 0.6 is 0 Å². The van der Waals surface area contributed by atoms with Gasteiger partial charge in [0.15, 0.2) is 10.9 Å². The Morgan fingerprint density at radius 1 is 0.767 bits per heavy atom. The zero-order valence-corrected chi connectivity index (χ0v) is 16.8. The Morgan fingerprint density at radius 3 is 2.20 bits per heavy atom. The quantitative estimate of drug-likeness (QED) is 0.283. The second kappa shape index (κ2) is 6.01. The molecule has 0 radical (unpaired) electrons. The lowest BCUT2D eigenvalue weighted by atomic mass is 10.0. The van der Waals surface area contributed by atoms with E-state index in [1.807, 2.05) is 13.8 Å². The van der Waals surface area contributed by atoms with Gasteiger partial charge in [-0.2, -0.15) is 8.42 Å². The molecule has 0 aliphatic heterocycles. The van der Waals surface area contributed by atoms with Crippen molar-refractivity contribution in [2.75, 3.05) is 0 Å². The zero-order chi connectivity index (χ0) is 21.4. The van der Waals surface area contributed by atoms with Crippen molar-refractivity contribution < 1.29 is 13.0 Å². The molecule has 2 heterocycles. The minimum absolute atomic E-state index is 0.0665. The first-order chi connectivity index (χ1) is 14.2. The highest BCUT2D eigenvalue weighted by atomic mass is 32.2. The van der Waals surface area contributed by atoms with Gasteiger partial charge in [-0.05, 0) is 55.3 Å². The van der Waals surface area contributed by atoms with E-state index in [4.69, 9.17) is 0 Å². The zero-order valence-electron chi connectivity index (χ0n) is 16.0. The molecule has 0 atom stereocenters. The maximum atomic E-state index is 13.2. The first kappa shape index (κ1) is 18.5. The number of fused-ring (bicyclic) bond motifs is 4. The van der Waals surface area contributed by atoms with Crippen LogP contribution in [0.2, 0.25) is 0 Å². The second-order valence-electron chi connectivity index (χ2n) is 7.46. The van der Waals surface area contributed by atoms with Crippen LogP contribution in [0.25, 0.3) is 43.6 Å². The average molecular weight is 420 g/mol. The number of rotatable bonds is 1. The van der Waals surface area contributed by atoms with Gasteiger partial charge in [-0.1, -0.05) is 12.1 Å². The van der Waals surface area contributed by atoms with E-state index >= 15 is 0 Å². The summed E-state index contributed by atoms with van der Waals surface area (Å²) in [7, 11) is -4.84. The molecular formula is C22H16N2O5S. The van der Waals surface area contributed by atoms with Gasteiger partial charge in [0.05, 0.1) is 21.9 Å². The number of aryl methyl sites for hydroxylation is 2. The van der Waals surface area contributed by atoms with E-state index in [9.17, 15) is 22.6 Å².